The molecule has 0 aliphatic carbocycles. The van der Waals surface area contributed by atoms with Crippen LogP contribution < -0.4 is 15.8 Å². The fraction of sp³-hybridized carbons (Fsp3) is 0.385. The van der Waals surface area contributed by atoms with Gasteiger partial charge in [0.25, 0.3) is 0 Å². The highest BCUT2D eigenvalue weighted by Gasteiger charge is 2.16. The lowest BCUT2D eigenvalue weighted by Gasteiger charge is -2.11. The minimum absolute atomic E-state index is 0.413. The first-order valence-corrected chi connectivity index (χ1v) is 6.03. The molecule has 0 radical (unpaired) electrons. The highest BCUT2D eigenvalue weighted by atomic mass is 16.5. The average Bonchev–Trinajstić information content (AvgIpc) is 2.40. The maximum atomic E-state index is 11.6. The lowest BCUT2D eigenvalue weighted by molar-refractivity contribution is -0.138. The molecular weight excluding hydrogens is 264 g/mol. The van der Waals surface area contributed by atoms with Crippen molar-refractivity contribution in [3.63, 3.8) is 0 Å². The third kappa shape index (κ3) is 5.68. The second-order valence-electron chi connectivity index (χ2n) is 4.06. The van der Waals surface area contributed by atoms with Crippen LogP contribution in [-0.4, -0.2) is 43.3 Å². The number of amides is 1. The summed E-state index contributed by atoms with van der Waals surface area (Å²) in [5, 5.41) is 11.1. The maximum absolute atomic E-state index is 11.6. The van der Waals surface area contributed by atoms with E-state index in [4.69, 9.17) is 20.3 Å². The summed E-state index contributed by atoms with van der Waals surface area (Å²) < 4.78 is 10.2. The monoisotopic (exact) mass is 282 g/mol. The summed E-state index contributed by atoms with van der Waals surface area (Å²) in [4.78, 5) is 22.0. The van der Waals surface area contributed by atoms with Gasteiger partial charge in [-0.2, -0.15) is 0 Å². The van der Waals surface area contributed by atoms with Gasteiger partial charge in [-0.05, 0) is 24.3 Å². The molecule has 0 aliphatic rings. The van der Waals surface area contributed by atoms with E-state index >= 15 is 0 Å². The van der Waals surface area contributed by atoms with E-state index in [9.17, 15) is 9.59 Å². The number of hydrogen-bond acceptors (Lipinski definition) is 5. The number of anilines is 1. The Morgan fingerprint density at radius 2 is 1.95 bits per heavy atom. The van der Waals surface area contributed by atoms with Crippen LogP contribution in [-0.2, 0) is 14.3 Å². The Balaban J connectivity index is 2.48. The van der Waals surface area contributed by atoms with Crippen LogP contribution in [0, 0.1) is 0 Å². The van der Waals surface area contributed by atoms with Crippen LogP contribution in [0.5, 0.6) is 5.75 Å². The van der Waals surface area contributed by atoms with E-state index in [2.05, 4.69) is 5.32 Å². The van der Waals surface area contributed by atoms with Gasteiger partial charge in [-0.1, -0.05) is 0 Å². The van der Waals surface area contributed by atoms with Crippen LogP contribution >= 0.6 is 0 Å². The molecule has 20 heavy (non-hydrogen) atoms. The number of carbonyl (C=O) groups excluding carboxylic acids is 1. The SMILES string of the molecule is COCCOc1ccc(NC(=O)C(N)CC(=O)O)cc1. The van der Waals surface area contributed by atoms with Crippen molar-refractivity contribution in [3.05, 3.63) is 24.3 Å². The summed E-state index contributed by atoms with van der Waals surface area (Å²) in [6.07, 6.45) is -0.413. The molecule has 1 aromatic rings. The lowest BCUT2D eigenvalue weighted by Crippen LogP contribution is -2.37. The summed E-state index contributed by atoms with van der Waals surface area (Å²) in [5.41, 5.74) is 5.97. The van der Waals surface area contributed by atoms with Gasteiger partial charge in [0.15, 0.2) is 0 Å². The molecule has 1 unspecified atom stereocenters. The van der Waals surface area contributed by atoms with Crippen molar-refractivity contribution in [3.8, 4) is 5.75 Å². The molecule has 0 aliphatic heterocycles. The van der Waals surface area contributed by atoms with E-state index < -0.39 is 24.3 Å². The number of ether oxygens (including phenoxy) is 2. The van der Waals surface area contributed by atoms with E-state index in [1.165, 1.54) is 0 Å². The molecule has 1 rings (SSSR count). The number of nitrogens with one attached hydrogen (secondary N) is 1. The summed E-state index contributed by atoms with van der Waals surface area (Å²) in [5.74, 6) is -1.01. The third-order valence-corrected chi connectivity index (χ3v) is 2.41. The van der Waals surface area contributed by atoms with Crippen molar-refractivity contribution >= 4 is 17.6 Å². The zero-order valence-electron chi connectivity index (χ0n) is 11.2. The van der Waals surface area contributed by atoms with E-state index in [1.807, 2.05) is 0 Å². The van der Waals surface area contributed by atoms with Crippen LogP contribution in [0.2, 0.25) is 0 Å². The first-order chi connectivity index (χ1) is 9.52. The summed E-state index contributed by atoms with van der Waals surface area (Å²) in [6.45, 7) is 0.925. The molecule has 1 atom stereocenters. The Kier molecular flexibility index (Phi) is 6.48. The Bertz CT molecular complexity index is 447. The number of carboxylic acid groups (broad SMARTS) is 1. The van der Waals surface area contributed by atoms with Crippen LogP contribution in [0.1, 0.15) is 6.42 Å². The number of methoxy groups -OCH3 is 1. The zero-order chi connectivity index (χ0) is 15.0. The molecular formula is C13H18N2O5. The van der Waals surface area contributed by atoms with E-state index in [0.29, 0.717) is 24.7 Å². The van der Waals surface area contributed by atoms with E-state index in [0.717, 1.165) is 0 Å². The first kappa shape index (κ1) is 15.9. The van der Waals surface area contributed by atoms with Crippen molar-refractivity contribution in [1.82, 2.24) is 0 Å². The highest BCUT2D eigenvalue weighted by Crippen LogP contribution is 2.15. The predicted molar refractivity (Wildman–Crippen MR) is 72.7 cm³/mol. The number of carbonyl (C=O) groups is 2. The van der Waals surface area contributed by atoms with Crippen LogP contribution in [0.4, 0.5) is 5.69 Å². The topological polar surface area (TPSA) is 111 Å². The van der Waals surface area contributed by atoms with Gasteiger partial charge in [-0.15, -0.1) is 0 Å². The van der Waals surface area contributed by atoms with Crippen molar-refractivity contribution in [1.29, 1.82) is 0 Å². The fourth-order valence-corrected chi connectivity index (χ4v) is 1.39. The number of nitrogens with two attached hydrogens (primary N) is 1. The van der Waals surface area contributed by atoms with E-state index in [-0.39, 0.29) is 0 Å². The van der Waals surface area contributed by atoms with Crippen LogP contribution in [0.15, 0.2) is 24.3 Å². The molecule has 1 aromatic carbocycles. The standard InChI is InChI=1S/C13H18N2O5/c1-19-6-7-20-10-4-2-9(3-5-10)15-13(18)11(14)8-12(16)17/h2-5,11H,6-8,14H2,1H3,(H,15,18)(H,16,17). The molecule has 0 fully saturated rings. The number of aliphatic carboxylic acids is 1. The molecule has 1 amide bonds. The quantitative estimate of drug-likeness (QED) is 0.597. The second-order valence-corrected chi connectivity index (χ2v) is 4.06. The van der Waals surface area contributed by atoms with Gasteiger partial charge in [0.05, 0.1) is 19.1 Å². The first-order valence-electron chi connectivity index (χ1n) is 6.03. The third-order valence-electron chi connectivity index (χ3n) is 2.41. The molecule has 0 heterocycles. The van der Waals surface area contributed by atoms with Gasteiger partial charge in [0.1, 0.15) is 12.4 Å². The molecule has 0 aromatic heterocycles. The summed E-state index contributed by atoms with van der Waals surface area (Å²) >= 11 is 0. The van der Waals surface area contributed by atoms with Gasteiger partial charge in [0, 0.05) is 12.8 Å². The Hall–Kier alpha value is -2.12. The Morgan fingerprint density at radius 1 is 1.30 bits per heavy atom. The van der Waals surface area contributed by atoms with E-state index in [1.54, 1.807) is 31.4 Å². The number of rotatable bonds is 8. The summed E-state index contributed by atoms with van der Waals surface area (Å²) in [6, 6.07) is 5.59. The smallest absolute Gasteiger partial charge is 0.305 e. The average molecular weight is 282 g/mol. The molecule has 7 nitrogen and oxygen atoms in total. The maximum Gasteiger partial charge on any atom is 0.305 e. The minimum Gasteiger partial charge on any atom is -0.491 e. The lowest BCUT2D eigenvalue weighted by atomic mass is 10.2. The van der Waals surface area contributed by atoms with Gasteiger partial charge in [-0.3, -0.25) is 9.59 Å². The molecule has 0 bridgehead atoms. The fourth-order valence-electron chi connectivity index (χ4n) is 1.39. The van der Waals surface area contributed by atoms with Crippen molar-refractivity contribution in [2.75, 3.05) is 25.6 Å². The molecule has 4 N–H and O–H groups in total. The van der Waals surface area contributed by atoms with Gasteiger partial charge in [-0.25, -0.2) is 0 Å². The Labute approximate surface area is 116 Å². The van der Waals surface area contributed by atoms with Crippen molar-refractivity contribution in [2.45, 2.75) is 12.5 Å². The molecule has 110 valence electrons. The predicted octanol–water partition coefficient (Wildman–Crippen LogP) is 0.452. The van der Waals surface area contributed by atoms with Gasteiger partial charge in [0.2, 0.25) is 5.91 Å². The molecule has 0 spiro atoms. The zero-order valence-corrected chi connectivity index (χ0v) is 11.2. The Morgan fingerprint density at radius 3 is 2.50 bits per heavy atom. The second kappa shape index (κ2) is 8.13. The highest BCUT2D eigenvalue weighted by molar-refractivity contribution is 5.96. The molecule has 0 saturated carbocycles. The van der Waals surface area contributed by atoms with Gasteiger partial charge < -0.3 is 25.6 Å². The minimum atomic E-state index is -1.12. The normalized spacial score (nSPS) is 11.7. The molecule has 7 heteroatoms. The number of carboxylic acids is 1. The largest absolute Gasteiger partial charge is 0.491 e. The van der Waals surface area contributed by atoms with Crippen LogP contribution in [0.3, 0.4) is 0 Å². The number of benzene rings is 1. The van der Waals surface area contributed by atoms with Crippen molar-refractivity contribution < 1.29 is 24.2 Å². The summed E-state index contributed by atoms with van der Waals surface area (Å²) in [7, 11) is 1.59. The molecule has 0 saturated heterocycles. The number of hydrogen-bond donors (Lipinski definition) is 3. The van der Waals surface area contributed by atoms with Gasteiger partial charge >= 0.3 is 5.97 Å². The van der Waals surface area contributed by atoms with Crippen LogP contribution in [0.25, 0.3) is 0 Å². The van der Waals surface area contributed by atoms with Crippen molar-refractivity contribution in [2.24, 2.45) is 5.73 Å².